The number of aliphatic hydroxyl groups excluding tert-OH is 1. The van der Waals surface area contributed by atoms with Crippen molar-refractivity contribution in [1.29, 1.82) is 0 Å². The number of aliphatic hydroxyl groups is 1. The van der Waals surface area contributed by atoms with E-state index in [1.165, 1.54) is 14.2 Å². The van der Waals surface area contributed by atoms with Gasteiger partial charge in [-0.05, 0) is 37.6 Å². The fourth-order valence-corrected chi connectivity index (χ4v) is 2.88. The van der Waals surface area contributed by atoms with Crippen molar-refractivity contribution in [2.45, 2.75) is 26.1 Å². The van der Waals surface area contributed by atoms with E-state index in [1.807, 2.05) is 0 Å². The quantitative estimate of drug-likeness (QED) is 0.644. The Hall–Kier alpha value is -3.08. The molecule has 156 valence electrons. The summed E-state index contributed by atoms with van der Waals surface area (Å²) in [6.45, 7) is 3.31. The van der Waals surface area contributed by atoms with Crippen LogP contribution >= 0.6 is 0 Å². The number of methoxy groups -OCH3 is 2. The lowest BCUT2D eigenvalue weighted by atomic mass is 10.1. The van der Waals surface area contributed by atoms with Crippen molar-refractivity contribution in [3.8, 4) is 11.5 Å². The summed E-state index contributed by atoms with van der Waals surface area (Å²) < 4.78 is 50.5. The van der Waals surface area contributed by atoms with Crippen LogP contribution in [-0.4, -0.2) is 45.7 Å². The van der Waals surface area contributed by atoms with Crippen LogP contribution in [-0.2, 0) is 6.18 Å². The number of nitrogens with one attached hydrogen (secondary N) is 1. The predicted molar refractivity (Wildman–Crippen MR) is 98.3 cm³/mol. The Balaban J connectivity index is 1.92. The third-order valence-electron chi connectivity index (χ3n) is 4.61. The monoisotopic (exact) mass is 411 g/mol. The maximum Gasteiger partial charge on any atom is 0.453 e. The zero-order chi connectivity index (χ0) is 21.3. The van der Waals surface area contributed by atoms with E-state index in [4.69, 9.17) is 9.47 Å². The molecule has 29 heavy (non-hydrogen) atoms. The number of halogens is 3. The zero-order valence-corrected chi connectivity index (χ0v) is 16.2. The number of hydrogen-bond acceptors (Lipinski definition) is 7. The molecule has 0 radical (unpaired) electrons. The van der Waals surface area contributed by atoms with Crippen LogP contribution in [0.2, 0.25) is 0 Å². The van der Waals surface area contributed by atoms with E-state index in [0.717, 1.165) is 0 Å². The van der Waals surface area contributed by atoms with E-state index in [0.29, 0.717) is 32.7 Å². The van der Waals surface area contributed by atoms with Gasteiger partial charge >= 0.3 is 6.18 Å². The first-order chi connectivity index (χ1) is 13.7. The number of hydrogen-bond donors (Lipinski definition) is 2. The molecule has 3 rings (SSSR count). The topological polar surface area (TPSA) is 93.8 Å². The predicted octanol–water partition coefficient (Wildman–Crippen LogP) is 2.92. The molecule has 1 atom stereocenters. The molecule has 11 heteroatoms. The lowest BCUT2D eigenvalue weighted by Crippen LogP contribution is -2.18. The third kappa shape index (κ3) is 3.90. The zero-order valence-electron chi connectivity index (χ0n) is 16.2. The maximum absolute atomic E-state index is 13.2. The summed E-state index contributed by atoms with van der Waals surface area (Å²) in [6, 6.07) is 4.97. The Bertz CT molecular complexity index is 1040. The van der Waals surface area contributed by atoms with Crippen molar-refractivity contribution < 1.29 is 27.8 Å². The molecule has 0 saturated carbocycles. The third-order valence-corrected chi connectivity index (χ3v) is 4.61. The van der Waals surface area contributed by atoms with Crippen LogP contribution in [0.15, 0.2) is 18.2 Å². The molecule has 2 N–H and O–H groups in total. The molecule has 0 spiro atoms. The second-order valence-corrected chi connectivity index (χ2v) is 6.36. The minimum atomic E-state index is -4.70. The Morgan fingerprint density at radius 2 is 1.86 bits per heavy atom. The smallest absolute Gasteiger partial charge is 0.453 e. The van der Waals surface area contributed by atoms with Gasteiger partial charge in [0.2, 0.25) is 0 Å². The molecule has 2 heterocycles. The van der Waals surface area contributed by atoms with Crippen LogP contribution in [0.4, 0.5) is 19.0 Å². The fraction of sp³-hybridized carbons (Fsp3) is 0.389. The number of aryl methyl sites for hydroxylation is 1. The van der Waals surface area contributed by atoms with Crippen LogP contribution in [0.1, 0.15) is 28.6 Å². The number of anilines is 1. The summed E-state index contributed by atoms with van der Waals surface area (Å²) in [5, 5.41) is 24.3. The lowest BCUT2D eigenvalue weighted by Gasteiger charge is -2.18. The van der Waals surface area contributed by atoms with Crippen molar-refractivity contribution in [3.63, 3.8) is 0 Å². The van der Waals surface area contributed by atoms with Gasteiger partial charge in [0, 0.05) is 17.7 Å². The number of ether oxygens (including phenoxy) is 2. The molecule has 1 unspecified atom stereocenters. The first kappa shape index (κ1) is 20.6. The highest BCUT2D eigenvalue weighted by atomic mass is 19.4. The average molecular weight is 411 g/mol. The Labute approximate surface area is 164 Å². The van der Waals surface area contributed by atoms with E-state index >= 15 is 0 Å². The molecule has 0 amide bonds. The van der Waals surface area contributed by atoms with E-state index in [-0.39, 0.29) is 18.0 Å². The summed E-state index contributed by atoms with van der Waals surface area (Å²) >= 11 is 0. The van der Waals surface area contributed by atoms with Gasteiger partial charge in [-0.3, -0.25) is 0 Å². The number of aromatic nitrogens is 4. The van der Waals surface area contributed by atoms with Gasteiger partial charge in [-0.2, -0.15) is 17.7 Å². The molecule has 0 aliphatic rings. The van der Waals surface area contributed by atoms with Gasteiger partial charge in [-0.15, -0.1) is 15.3 Å². The standard InChI is InChI=1S/C18H20F3N5O3/c1-9-10(2)16-23-24-17(18(19,20)21)26(16)25-15(9)22-8-13(27)12-7-11(28-3)5-6-14(12)29-4/h5-7,13,27H,8H2,1-4H3,(H,22,25). The molecular weight excluding hydrogens is 391 g/mol. The summed E-state index contributed by atoms with van der Waals surface area (Å²) in [6.07, 6.45) is -5.72. The van der Waals surface area contributed by atoms with Crippen molar-refractivity contribution in [1.82, 2.24) is 19.8 Å². The van der Waals surface area contributed by atoms with Crippen molar-refractivity contribution in [2.75, 3.05) is 26.1 Å². The number of alkyl halides is 3. The molecule has 2 aromatic heterocycles. The highest BCUT2D eigenvalue weighted by molar-refractivity contribution is 5.58. The molecule has 0 aliphatic heterocycles. The van der Waals surface area contributed by atoms with Gasteiger partial charge in [0.15, 0.2) is 5.65 Å². The van der Waals surface area contributed by atoms with Gasteiger partial charge < -0.3 is 19.9 Å². The molecule has 0 saturated heterocycles. The first-order valence-corrected chi connectivity index (χ1v) is 8.61. The molecule has 0 aliphatic carbocycles. The fourth-order valence-electron chi connectivity index (χ4n) is 2.88. The van der Waals surface area contributed by atoms with Crippen LogP contribution in [0, 0.1) is 13.8 Å². The Morgan fingerprint density at radius 1 is 1.14 bits per heavy atom. The Morgan fingerprint density at radius 3 is 2.48 bits per heavy atom. The summed E-state index contributed by atoms with van der Waals surface area (Å²) in [7, 11) is 2.97. The molecule has 8 nitrogen and oxygen atoms in total. The summed E-state index contributed by atoms with van der Waals surface area (Å²) in [5.74, 6) is -0.0461. The van der Waals surface area contributed by atoms with Crippen LogP contribution in [0.5, 0.6) is 11.5 Å². The van der Waals surface area contributed by atoms with Crippen molar-refractivity contribution >= 4 is 11.5 Å². The van der Waals surface area contributed by atoms with E-state index in [1.54, 1.807) is 32.0 Å². The highest BCUT2D eigenvalue weighted by Crippen LogP contribution is 2.31. The highest BCUT2D eigenvalue weighted by Gasteiger charge is 2.38. The molecular formula is C18H20F3N5O3. The van der Waals surface area contributed by atoms with Gasteiger partial charge in [0.1, 0.15) is 17.3 Å². The normalized spacial score (nSPS) is 12.8. The van der Waals surface area contributed by atoms with Gasteiger partial charge in [0.25, 0.3) is 5.82 Å². The van der Waals surface area contributed by atoms with E-state index in [2.05, 4.69) is 20.6 Å². The lowest BCUT2D eigenvalue weighted by molar-refractivity contribution is -0.146. The van der Waals surface area contributed by atoms with Crippen LogP contribution < -0.4 is 14.8 Å². The second-order valence-electron chi connectivity index (χ2n) is 6.36. The SMILES string of the molecule is COc1ccc(OC)c(C(O)CNc2nn3c(C(F)(F)F)nnc3c(C)c2C)c1. The largest absolute Gasteiger partial charge is 0.497 e. The molecule has 0 fully saturated rings. The summed E-state index contributed by atoms with van der Waals surface area (Å²) in [5.41, 5.74) is 1.59. The molecule has 1 aromatic carbocycles. The minimum Gasteiger partial charge on any atom is -0.497 e. The van der Waals surface area contributed by atoms with Crippen LogP contribution in [0.3, 0.4) is 0 Å². The van der Waals surface area contributed by atoms with Gasteiger partial charge in [-0.25, -0.2) is 0 Å². The molecule has 0 bridgehead atoms. The molecule has 3 aromatic rings. The number of benzene rings is 1. The Kier molecular flexibility index (Phi) is 5.51. The average Bonchev–Trinajstić information content (AvgIpc) is 3.13. The van der Waals surface area contributed by atoms with Crippen molar-refractivity contribution in [2.24, 2.45) is 0 Å². The number of rotatable bonds is 6. The van der Waals surface area contributed by atoms with Gasteiger partial charge in [0.05, 0.1) is 20.3 Å². The second kappa shape index (κ2) is 7.74. The minimum absolute atomic E-state index is 0.0220. The van der Waals surface area contributed by atoms with Crippen LogP contribution in [0.25, 0.3) is 5.65 Å². The maximum atomic E-state index is 13.2. The van der Waals surface area contributed by atoms with E-state index < -0.39 is 18.1 Å². The number of fused-ring (bicyclic) bond motifs is 1. The van der Waals surface area contributed by atoms with Gasteiger partial charge in [-0.1, -0.05) is 0 Å². The van der Waals surface area contributed by atoms with E-state index in [9.17, 15) is 18.3 Å². The first-order valence-electron chi connectivity index (χ1n) is 8.61. The summed E-state index contributed by atoms with van der Waals surface area (Å²) in [4.78, 5) is 0. The van der Waals surface area contributed by atoms with Crippen molar-refractivity contribution in [3.05, 3.63) is 40.7 Å². The number of nitrogens with zero attached hydrogens (tertiary/aromatic N) is 4.